The van der Waals surface area contributed by atoms with E-state index in [9.17, 15) is 18.1 Å². The molecule has 0 radical (unpaired) electrons. The van der Waals surface area contributed by atoms with Gasteiger partial charge < -0.3 is 9.66 Å². The van der Waals surface area contributed by atoms with Crippen LogP contribution in [0.1, 0.15) is 117 Å². The number of unbranched alkanes of at least 4 members (excludes halogenated alkanes) is 12. The fraction of sp³-hybridized carbons (Fsp3) is 1.00. The molecule has 0 aliphatic carbocycles. The topological polar surface area (TPSA) is 77.4 Å². The van der Waals surface area contributed by atoms with E-state index in [0.717, 1.165) is 38.5 Å². The van der Waals surface area contributed by atoms with E-state index in [2.05, 4.69) is 13.8 Å². The Morgan fingerprint density at radius 3 is 1.46 bits per heavy atom. The van der Waals surface area contributed by atoms with Crippen LogP contribution >= 0.6 is 0 Å². The zero-order valence-corrected chi connectivity index (χ0v) is 20.4. The maximum absolute atomic E-state index is 11.4. The number of hydrogen-bond donors (Lipinski definition) is 1. The van der Waals surface area contributed by atoms with Crippen LogP contribution in [0.5, 0.6) is 0 Å². The Bertz CT molecular complexity index is 387. The predicted molar refractivity (Wildman–Crippen MR) is 105 cm³/mol. The average Bonchev–Trinajstić information content (AvgIpc) is 2.55. The van der Waals surface area contributed by atoms with Crippen molar-refractivity contribution in [3.05, 3.63) is 0 Å². The Morgan fingerprint density at radius 1 is 0.692 bits per heavy atom. The van der Waals surface area contributed by atoms with Crippen molar-refractivity contribution in [1.82, 2.24) is 0 Å². The van der Waals surface area contributed by atoms with Gasteiger partial charge in [-0.15, -0.1) is 0 Å². The summed E-state index contributed by atoms with van der Waals surface area (Å²) in [6.07, 6.45) is 15.5. The third-order valence-corrected chi connectivity index (χ3v) is 6.29. The predicted octanol–water partition coefficient (Wildman–Crippen LogP) is 2.55. The average molecular weight is 401 g/mol. The first-order valence-corrected chi connectivity index (χ1v) is 12.0. The molecule has 0 aromatic rings. The molecule has 0 bridgehead atoms. The van der Waals surface area contributed by atoms with Crippen molar-refractivity contribution in [2.75, 3.05) is 0 Å². The largest absolute Gasteiger partial charge is 1.00 e. The summed E-state index contributed by atoms with van der Waals surface area (Å²) in [6, 6.07) is 0. The molecule has 1 N–H and O–H groups in total. The van der Waals surface area contributed by atoms with Gasteiger partial charge in [0, 0.05) is 0 Å². The van der Waals surface area contributed by atoms with Gasteiger partial charge in [0.1, 0.15) is 10.1 Å². The molecule has 0 saturated heterocycles. The fourth-order valence-electron chi connectivity index (χ4n) is 3.33. The third-order valence-electron chi connectivity index (χ3n) is 5.00. The van der Waals surface area contributed by atoms with E-state index in [0.29, 0.717) is 19.3 Å². The van der Waals surface area contributed by atoms with Gasteiger partial charge in [0.15, 0.2) is 0 Å². The molecule has 4 nitrogen and oxygen atoms in total. The first-order valence-electron chi connectivity index (χ1n) is 10.6. The van der Waals surface area contributed by atoms with Crippen molar-refractivity contribution in [3.63, 3.8) is 0 Å². The van der Waals surface area contributed by atoms with Gasteiger partial charge in [-0.3, -0.25) is 0 Å². The van der Waals surface area contributed by atoms with Crippen LogP contribution in [0.2, 0.25) is 0 Å². The molecule has 0 rings (SSSR count). The van der Waals surface area contributed by atoms with Gasteiger partial charge in [-0.2, -0.15) is 0 Å². The molecule has 2 unspecified atom stereocenters. The SMILES string of the molecule is CCCCCCCCCCCCC(O)C(CCCCCC)S(=O)(=O)[O-].[Na+]. The zero-order chi connectivity index (χ0) is 19.0. The van der Waals surface area contributed by atoms with E-state index in [-0.39, 0.29) is 29.6 Å². The van der Waals surface area contributed by atoms with Crippen LogP contribution in [0.15, 0.2) is 0 Å². The molecule has 152 valence electrons. The summed E-state index contributed by atoms with van der Waals surface area (Å²) < 4.78 is 34.2. The molecular formula is C20H41NaO4S. The minimum atomic E-state index is -4.41. The summed E-state index contributed by atoms with van der Waals surface area (Å²) in [4.78, 5) is 0. The fourth-order valence-corrected chi connectivity index (χ4v) is 4.30. The Hall–Kier alpha value is 0.870. The van der Waals surface area contributed by atoms with E-state index in [4.69, 9.17) is 0 Å². The monoisotopic (exact) mass is 400 g/mol. The van der Waals surface area contributed by atoms with Crippen molar-refractivity contribution >= 4 is 10.1 Å². The molecule has 26 heavy (non-hydrogen) atoms. The summed E-state index contributed by atoms with van der Waals surface area (Å²) in [5.74, 6) is 0. The molecule has 0 spiro atoms. The van der Waals surface area contributed by atoms with E-state index in [1.54, 1.807) is 0 Å². The van der Waals surface area contributed by atoms with Gasteiger partial charge >= 0.3 is 29.6 Å². The van der Waals surface area contributed by atoms with Crippen molar-refractivity contribution in [1.29, 1.82) is 0 Å². The van der Waals surface area contributed by atoms with Crippen molar-refractivity contribution in [2.24, 2.45) is 0 Å². The number of hydrogen-bond acceptors (Lipinski definition) is 4. The van der Waals surface area contributed by atoms with E-state index in [1.807, 2.05) is 0 Å². The summed E-state index contributed by atoms with van der Waals surface area (Å²) >= 11 is 0. The Kier molecular flexibility index (Phi) is 21.5. The van der Waals surface area contributed by atoms with E-state index < -0.39 is 21.5 Å². The Balaban J connectivity index is 0. The molecular weight excluding hydrogens is 359 g/mol. The van der Waals surface area contributed by atoms with Gasteiger partial charge in [0.05, 0.1) is 11.4 Å². The van der Waals surface area contributed by atoms with Gasteiger partial charge in [0.2, 0.25) is 0 Å². The van der Waals surface area contributed by atoms with Gasteiger partial charge in [-0.05, 0) is 12.8 Å². The molecule has 0 aromatic carbocycles. The van der Waals surface area contributed by atoms with Crippen LogP contribution in [0, 0.1) is 0 Å². The van der Waals surface area contributed by atoms with Crippen molar-refractivity contribution in [3.8, 4) is 0 Å². The van der Waals surface area contributed by atoms with Crippen LogP contribution in [0.3, 0.4) is 0 Å². The maximum atomic E-state index is 11.4. The summed E-state index contributed by atoms with van der Waals surface area (Å²) in [6.45, 7) is 4.31. The van der Waals surface area contributed by atoms with Crippen LogP contribution in [0.4, 0.5) is 0 Å². The van der Waals surface area contributed by atoms with Crippen LogP contribution < -0.4 is 29.6 Å². The molecule has 6 heteroatoms. The standard InChI is InChI=1S/C20H42O4S.Na/c1-3-5-7-9-10-11-12-13-14-15-17-19(21)20(25(22,23)24)18-16-8-6-4-2;/h19-21H,3-18H2,1-2H3,(H,22,23,24);/q;+1/p-1. The van der Waals surface area contributed by atoms with Gasteiger partial charge in [-0.1, -0.05) is 104 Å². The van der Waals surface area contributed by atoms with Crippen molar-refractivity contribution in [2.45, 2.75) is 128 Å². The first kappa shape index (κ1) is 29.1. The summed E-state index contributed by atoms with van der Waals surface area (Å²) in [5.41, 5.74) is 0. The summed E-state index contributed by atoms with van der Waals surface area (Å²) in [5, 5.41) is 9.02. The molecule has 0 saturated carbocycles. The molecule has 0 fully saturated rings. The second-order valence-corrected chi connectivity index (χ2v) is 9.01. The van der Waals surface area contributed by atoms with Crippen molar-refractivity contribution < 1.29 is 47.6 Å². The number of aliphatic hydroxyl groups excluding tert-OH is 1. The third kappa shape index (κ3) is 17.0. The molecule has 0 aromatic heterocycles. The quantitative estimate of drug-likeness (QED) is 0.218. The second-order valence-electron chi connectivity index (χ2n) is 7.42. The Morgan fingerprint density at radius 2 is 1.04 bits per heavy atom. The first-order chi connectivity index (χ1) is 11.9. The minimum absolute atomic E-state index is 0. The van der Waals surface area contributed by atoms with Crippen LogP contribution in [-0.2, 0) is 10.1 Å². The number of rotatable bonds is 18. The molecule has 0 aliphatic rings. The normalized spacial score (nSPS) is 14.0. The summed E-state index contributed by atoms with van der Waals surface area (Å²) in [7, 11) is -4.41. The molecule has 2 atom stereocenters. The van der Waals surface area contributed by atoms with E-state index >= 15 is 0 Å². The zero-order valence-electron chi connectivity index (χ0n) is 17.5. The Labute approximate surface area is 185 Å². The van der Waals surface area contributed by atoms with Crippen LogP contribution in [0.25, 0.3) is 0 Å². The minimum Gasteiger partial charge on any atom is -0.748 e. The smallest absolute Gasteiger partial charge is 0.748 e. The molecule has 0 aliphatic heterocycles. The number of aliphatic hydroxyl groups is 1. The molecule has 0 amide bonds. The molecule has 0 heterocycles. The van der Waals surface area contributed by atoms with Gasteiger partial charge in [-0.25, -0.2) is 8.42 Å². The van der Waals surface area contributed by atoms with Gasteiger partial charge in [0.25, 0.3) is 0 Å². The second kappa shape index (κ2) is 19.2. The van der Waals surface area contributed by atoms with E-state index in [1.165, 1.54) is 44.9 Å². The van der Waals surface area contributed by atoms with Crippen LogP contribution in [-0.4, -0.2) is 29.4 Å². The maximum Gasteiger partial charge on any atom is 1.00 e.